The van der Waals surface area contributed by atoms with Crippen molar-refractivity contribution < 1.29 is 14.6 Å². The lowest BCUT2D eigenvalue weighted by molar-refractivity contribution is -0.117. The van der Waals surface area contributed by atoms with Crippen LogP contribution in [-0.2, 0) is 11.2 Å². The van der Waals surface area contributed by atoms with Gasteiger partial charge in [-0.3, -0.25) is 4.79 Å². The van der Waals surface area contributed by atoms with Crippen molar-refractivity contribution in [1.82, 2.24) is 5.32 Å². The van der Waals surface area contributed by atoms with E-state index < -0.39 is 5.91 Å². The average molecular weight is 337 g/mol. The summed E-state index contributed by atoms with van der Waals surface area (Å²) in [4.78, 5) is 12.0. The molecule has 0 saturated carbocycles. The highest BCUT2D eigenvalue weighted by Crippen LogP contribution is 2.21. The summed E-state index contributed by atoms with van der Waals surface area (Å²) in [5.74, 6) is 0.340. The number of amides is 1. The van der Waals surface area contributed by atoms with Crippen LogP contribution in [0.3, 0.4) is 0 Å². The second-order valence-corrected chi connectivity index (χ2v) is 5.19. The number of hydrogen-bond acceptors (Lipinski definition) is 5. The molecule has 0 saturated heterocycles. The molecule has 2 aromatic rings. The van der Waals surface area contributed by atoms with Crippen molar-refractivity contribution in [3.8, 4) is 17.6 Å². The van der Waals surface area contributed by atoms with Gasteiger partial charge >= 0.3 is 0 Å². The predicted molar refractivity (Wildman–Crippen MR) is 95.1 cm³/mol. The summed E-state index contributed by atoms with van der Waals surface area (Å²) >= 11 is 0. The van der Waals surface area contributed by atoms with Gasteiger partial charge in [0.2, 0.25) is 0 Å². The molecule has 1 amide bonds. The molecule has 6 nitrogen and oxygen atoms in total. The Kier molecular flexibility index (Phi) is 6.43. The molecule has 0 aliphatic carbocycles. The molecule has 6 heteroatoms. The van der Waals surface area contributed by atoms with Crippen molar-refractivity contribution in [3.05, 3.63) is 65.9 Å². The fraction of sp³-hybridized carbons (Fsp3) is 0.158. The Morgan fingerprint density at radius 2 is 1.96 bits per heavy atom. The first-order chi connectivity index (χ1) is 12.1. The third-order valence-corrected chi connectivity index (χ3v) is 3.50. The molecule has 0 heterocycles. The topological polar surface area (TPSA) is 94.4 Å². The smallest absolute Gasteiger partial charge is 0.263 e. The molecule has 0 atom stereocenters. The highest BCUT2D eigenvalue weighted by Gasteiger charge is 2.08. The number of hydrogen-bond donors (Lipinski definition) is 3. The molecule has 0 radical (unpaired) electrons. The summed E-state index contributed by atoms with van der Waals surface area (Å²) in [6.45, 7) is 0.404. The van der Waals surface area contributed by atoms with E-state index in [4.69, 9.17) is 10.00 Å². The zero-order chi connectivity index (χ0) is 18.1. The van der Waals surface area contributed by atoms with Gasteiger partial charge in [-0.1, -0.05) is 24.3 Å². The van der Waals surface area contributed by atoms with Crippen LogP contribution in [0.25, 0.3) is 0 Å². The number of nitrogens with zero attached hydrogens (tertiary/aromatic N) is 1. The van der Waals surface area contributed by atoms with E-state index in [1.807, 2.05) is 30.3 Å². The molecule has 0 fully saturated rings. The van der Waals surface area contributed by atoms with E-state index in [1.54, 1.807) is 25.3 Å². The number of carbonyl (C=O) groups is 1. The summed E-state index contributed by atoms with van der Waals surface area (Å²) in [6, 6.07) is 16.0. The maximum Gasteiger partial charge on any atom is 0.263 e. The van der Waals surface area contributed by atoms with Crippen molar-refractivity contribution >= 4 is 11.6 Å². The Hall–Kier alpha value is -3.46. The number of phenols is 1. The fourth-order valence-electron chi connectivity index (χ4n) is 2.10. The third kappa shape index (κ3) is 5.29. The third-order valence-electron chi connectivity index (χ3n) is 3.50. The van der Waals surface area contributed by atoms with Gasteiger partial charge < -0.3 is 20.5 Å². The van der Waals surface area contributed by atoms with Gasteiger partial charge in [0.1, 0.15) is 23.1 Å². The highest BCUT2D eigenvalue weighted by molar-refractivity contribution is 5.97. The van der Waals surface area contributed by atoms with E-state index >= 15 is 0 Å². The summed E-state index contributed by atoms with van der Waals surface area (Å²) in [6.07, 6.45) is 1.92. The maximum atomic E-state index is 12.0. The van der Waals surface area contributed by atoms with Gasteiger partial charge in [0.25, 0.3) is 5.91 Å². The standard InChI is InChI=1S/C19H19N3O3/c1-25-16-8-6-14(7-9-16)10-11-21-19(24)15(12-20)13-22-17-4-2-3-5-18(17)23/h2-9,13,22-23H,10-11H2,1H3,(H,21,24)/b15-13-. The number of ether oxygens (including phenoxy) is 1. The minimum Gasteiger partial charge on any atom is -0.506 e. The van der Waals surface area contributed by atoms with E-state index in [0.29, 0.717) is 18.7 Å². The first-order valence-electron chi connectivity index (χ1n) is 7.70. The molecule has 3 N–H and O–H groups in total. The van der Waals surface area contributed by atoms with Crippen LogP contribution in [0.1, 0.15) is 5.56 Å². The molecule has 128 valence electrons. The van der Waals surface area contributed by atoms with Gasteiger partial charge in [-0.05, 0) is 36.2 Å². The molecule has 0 spiro atoms. The number of aromatic hydroxyl groups is 1. The van der Waals surface area contributed by atoms with Gasteiger partial charge in [-0.2, -0.15) is 5.26 Å². The van der Waals surface area contributed by atoms with Crippen LogP contribution in [0.2, 0.25) is 0 Å². The summed E-state index contributed by atoms with van der Waals surface area (Å²) in [7, 11) is 1.61. The Bertz CT molecular complexity index is 792. The van der Waals surface area contributed by atoms with E-state index in [1.165, 1.54) is 12.3 Å². The molecular weight excluding hydrogens is 318 g/mol. The Labute approximate surface area is 146 Å². The number of methoxy groups -OCH3 is 1. The minimum absolute atomic E-state index is 0.0379. The van der Waals surface area contributed by atoms with Gasteiger partial charge in [-0.25, -0.2) is 0 Å². The molecule has 0 unspecified atom stereocenters. The number of nitriles is 1. The molecule has 2 aromatic carbocycles. The van der Waals surface area contributed by atoms with Crippen molar-refractivity contribution in [1.29, 1.82) is 5.26 Å². The number of nitrogens with one attached hydrogen (secondary N) is 2. The van der Waals surface area contributed by atoms with Crippen LogP contribution in [0.15, 0.2) is 60.3 Å². The fourth-order valence-corrected chi connectivity index (χ4v) is 2.10. The van der Waals surface area contributed by atoms with Crippen molar-refractivity contribution in [3.63, 3.8) is 0 Å². The molecule has 25 heavy (non-hydrogen) atoms. The number of carbonyl (C=O) groups excluding carboxylic acids is 1. The largest absolute Gasteiger partial charge is 0.506 e. The van der Waals surface area contributed by atoms with Crippen molar-refractivity contribution in [2.75, 3.05) is 19.0 Å². The van der Waals surface area contributed by atoms with Crippen molar-refractivity contribution in [2.45, 2.75) is 6.42 Å². The molecule has 0 aliphatic heterocycles. The monoisotopic (exact) mass is 337 g/mol. The van der Waals surface area contributed by atoms with Gasteiger partial charge in [0.05, 0.1) is 12.8 Å². The van der Waals surface area contributed by atoms with Gasteiger partial charge in [0.15, 0.2) is 0 Å². The minimum atomic E-state index is -0.473. The lowest BCUT2D eigenvalue weighted by Gasteiger charge is -2.07. The number of phenolic OH excluding ortho intramolecular Hbond substituents is 1. The molecule has 2 rings (SSSR count). The molecule has 0 aromatic heterocycles. The number of rotatable bonds is 7. The lowest BCUT2D eigenvalue weighted by atomic mass is 10.1. The van der Waals surface area contributed by atoms with Crippen molar-refractivity contribution in [2.24, 2.45) is 0 Å². The summed E-state index contributed by atoms with van der Waals surface area (Å²) in [5, 5.41) is 24.2. The van der Waals surface area contributed by atoms with E-state index in [9.17, 15) is 9.90 Å². The zero-order valence-electron chi connectivity index (χ0n) is 13.8. The van der Waals surface area contributed by atoms with Crippen LogP contribution in [0.5, 0.6) is 11.5 Å². The SMILES string of the molecule is COc1ccc(CCNC(=O)/C(C#N)=C\Nc2ccccc2O)cc1. The second-order valence-electron chi connectivity index (χ2n) is 5.19. The van der Waals surface area contributed by atoms with E-state index in [-0.39, 0.29) is 11.3 Å². The molecule has 0 bridgehead atoms. The first kappa shape index (κ1) is 17.9. The van der Waals surface area contributed by atoms with Crippen LogP contribution < -0.4 is 15.4 Å². The Morgan fingerprint density at radius 3 is 2.60 bits per heavy atom. The van der Waals surface area contributed by atoms with E-state index in [2.05, 4.69) is 10.6 Å². The predicted octanol–water partition coefficient (Wildman–Crippen LogP) is 2.58. The highest BCUT2D eigenvalue weighted by atomic mass is 16.5. The van der Waals surface area contributed by atoms with Gasteiger partial charge in [-0.15, -0.1) is 0 Å². The van der Waals surface area contributed by atoms with Gasteiger partial charge in [0, 0.05) is 12.7 Å². The van der Waals surface area contributed by atoms with Crippen LogP contribution in [0.4, 0.5) is 5.69 Å². The first-order valence-corrected chi connectivity index (χ1v) is 7.70. The average Bonchev–Trinajstić information content (AvgIpc) is 2.64. The van der Waals surface area contributed by atoms with Crippen LogP contribution >= 0.6 is 0 Å². The number of benzene rings is 2. The Morgan fingerprint density at radius 1 is 1.24 bits per heavy atom. The number of para-hydroxylation sites is 2. The molecule has 0 aliphatic rings. The second kappa shape index (κ2) is 8.99. The normalized spacial score (nSPS) is 10.6. The zero-order valence-corrected chi connectivity index (χ0v) is 13.8. The summed E-state index contributed by atoms with van der Waals surface area (Å²) in [5.41, 5.74) is 1.40. The lowest BCUT2D eigenvalue weighted by Crippen LogP contribution is -2.27. The Balaban J connectivity index is 1.88. The summed E-state index contributed by atoms with van der Waals surface area (Å²) < 4.78 is 5.09. The number of anilines is 1. The molecular formula is C19H19N3O3. The van der Waals surface area contributed by atoms with Crippen LogP contribution in [-0.4, -0.2) is 24.7 Å². The maximum absolute atomic E-state index is 12.0. The van der Waals surface area contributed by atoms with Crippen LogP contribution in [0, 0.1) is 11.3 Å². The van der Waals surface area contributed by atoms with E-state index in [0.717, 1.165) is 11.3 Å². The quantitative estimate of drug-likeness (QED) is 0.410.